The Bertz CT molecular complexity index is 915. The first-order valence-corrected chi connectivity index (χ1v) is 8.52. The molecule has 3 aromatic heterocycles. The summed E-state index contributed by atoms with van der Waals surface area (Å²) in [4.78, 5) is 33.9. The predicted molar refractivity (Wildman–Crippen MR) is 102 cm³/mol. The largest absolute Gasteiger partial charge is 0.462 e. The number of aromatic amines is 2. The van der Waals surface area contributed by atoms with E-state index in [-0.39, 0.29) is 11.4 Å². The molecule has 8 nitrogen and oxygen atoms in total. The number of carbonyl (C=O) groups excluding carboxylic acids is 2. The number of fused-ring (bicyclic) bond motifs is 1. The lowest BCUT2D eigenvalue weighted by molar-refractivity contribution is -0.138. The lowest BCUT2D eigenvalue weighted by Crippen LogP contribution is -2.20. The van der Waals surface area contributed by atoms with Crippen LogP contribution in [0, 0.1) is 5.41 Å². The van der Waals surface area contributed by atoms with Gasteiger partial charge in [0.05, 0.1) is 23.7 Å². The number of rotatable bonds is 3. The van der Waals surface area contributed by atoms with Gasteiger partial charge in [0.15, 0.2) is 11.4 Å². The molecule has 27 heavy (non-hydrogen) atoms. The highest BCUT2D eigenvalue weighted by molar-refractivity contribution is 6.08. The van der Waals surface area contributed by atoms with Gasteiger partial charge in [-0.2, -0.15) is 5.10 Å². The topological polar surface area (TPSA) is 114 Å². The zero-order valence-corrected chi connectivity index (χ0v) is 16.5. The fraction of sp³-hybridized carbons (Fsp3) is 0.421. The highest BCUT2D eigenvalue weighted by Crippen LogP contribution is 2.26. The van der Waals surface area contributed by atoms with Crippen LogP contribution in [-0.2, 0) is 9.53 Å². The lowest BCUT2D eigenvalue weighted by Gasteiger charge is -2.15. The predicted octanol–water partition coefficient (Wildman–Crippen LogP) is 3.53. The standard InChI is InChI=1S/C14H15N5O.C5H10O2/c1-14(2,3)12(20)9-6-15-13-11(9)19-10(7-16-13)8-4-17-18-5-8;1-5(2,3)7-4-6/h4-7H,1-3H3,(H,15,16)(H,17,18);4H,1-3H3. The van der Waals surface area contributed by atoms with Gasteiger partial charge in [-0.3, -0.25) is 14.7 Å². The van der Waals surface area contributed by atoms with Crippen molar-refractivity contribution in [2.75, 3.05) is 0 Å². The molecule has 0 radical (unpaired) electrons. The summed E-state index contributed by atoms with van der Waals surface area (Å²) < 4.78 is 4.55. The molecule has 0 saturated carbocycles. The van der Waals surface area contributed by atoms with Gasteiger partial charge in [-0.1, -0.05) is 20.8 Å². The quantitative estimate of drug-likeness (QED) is 0.538. The first-order valence-electron chi connectivity index (χ1n) is 8.52. The van der Waals surface area contributed by atoms with Crippen molar-refractivity contribution in [2.24, 2.45) is 5.41 Å². The van der Waals surface area contributed by atoms with E-state index < -0.39 is 5.41 Å². The fourth-order valence-electron chi connectivity index (χ4n) is 2.14. The van der Waals surface area contributed by atoms with Crippen LogP contribution in [0.25, 0.3) is 22.4 Å². The van der Waals surface area contributed by atoms with Gasteiger partial charge in [0, 0.05) is 23.4 Å². The molecule has 0 bridgehead atoms. The van der Waals surface area contributed by atoms with E-state index in [0.29, 0.717) is 28.9 Å². The summed E-state index contributed by atoms with van der Waals surface area (Å²) >= 11 is 0. The molecule has 0 amide bonds. The maximum absolute atomic E-state index is 12.4. The lowest BCUT2D eigenvalue weighted by atomic mass is 9.87. The van der Waals surface area contributed by atoms with Crippen LogP contribution in [0.5, 0.6) is 0 Å². The second kappa shape index (κ2) is 7.69. The number of carbonyl (C=O) groups is 2. The molecule has 0 unspecified atom stereocenters. The van der Waals surface area contributed by atoms with Crippen molar-refractivity contribution < 1.29 is 14.3 Å². The van der Waals surface area contributed by atoms with Crippen LogP contribution in [0.3, 0.4) is 0 Å². The number of ketones is 1. The third kappa shape index (κ3) is 5.22. The summed E-state index contributed by atoms with van der Waals surface area (Å²) in [5.41, 5.74) is 2.55. The molecule has 0 aliphatic carbocycles. The summed E-state index contributed by atoms with van der Waals surface area (Å²) in [5, 5.41) is 6.63. The van der Waals surface area contributed by atoms with Gasteiger partial charge in [0.2, 0.25) is 0 Å². The zero-order valence-electron chi connectivity index (χ0n) is 16.5. The van der Waals surface area contributed by atoms with E-state index in [1.807, 2.05) is 41.5 Å². The van der Waals surface area contributed by atoms with E-state index in [9.17, 15) is 9.59 Å². The first kappa shape index (κ1) is 20.3. The van der Waals surface area contributed by atoms with Crippen molar-refractivity contribution in [1.82, 2.24) is 25.1 Å². The van der Waals surface area contributed by atoms with Crippen LogP contribution < -0.4 is 0 Å². The van der Waals surface area contributed by atoms with E-state index in [1.54, 1.807) is 24.8 Å². The Balaban J connectivity index is 0.000000321. The molecule has 0 aliphatic rings. The molecule has 0 fully saturated rings. The maximum atomic E-state index is 12.4. The number of aromatic nitrogens is 5. The Labute approximate surface area is 157 Å². The molecule has 0 aliphatic heterocycles. The van der Waals surface area contributed by atoms with Crippen LogP contribution >= 0.6 is 0 Å². The Morgan fingerprint density at radius 2 is 1.81 bits per heavy atom. The molecule has 144 valence electrons. The summed E-state index contributed by atoms with van der Waals surface area (Å²) in [6.45, 7) is 11.6. The molecule has 3 heterocycles. The molecule has 8 heteroatoms. The summed E-state index contributed by atoms with van der Waals surface area (Å²) in [6.07, 6.45) is 6.76. The van der Waals surface area contributed by atoms with Gasteiger partial charge in [0.25, 0.3) is 6.47 Å². The SMILES string of the molecule is CC(C)(C)C(=O)c1c[nH]c2ncc(-c3cn[nH]c3)nc12.CC(C)(C)OC=O. The monoisotopic (exact) mass is 371 g/mol. The summed E-state index contributed by atoms with van der Waals surface area (Å²) in [6, 6.07) is 0. The minimum atomic E-state index is -0.456. The second-order valence-electron chi connectivity index (χ2n) is 8.05. The molecular formula is C19H25N5O3. The Kier molecular flexibility index (Phi) is 5.78. The molecule has 0 atom stereocenters. The molecule has 0 spiro atoms. The van der Waals surface area contributed by atoms with Crippen LogP contribution in [0.4, 0.5) is 0 Å². The number of H-pyrrole nitrogens is 2. The number of Topliss-reactive ketones (excluding diaryl/α,β-unsaturated/α-hetero) is 1. The molecule has 0 aromatic carbocycles. The minimum absolute atomic E-state index is 0.0439. The molecule has 3 aromatic rings. The fourth-order valence-corrected chi connectivity index (χ4v) is 2.14. The maximum Gasteiger partial charge on any atom is 0.293 e. The van der Waals surface area contributed by atoms with Crippen molar-refractivity contribution in [1.29, 1.82) is 0 Å². The van der Waals surface area contributed by atoms with Crippen molar-refractivity contribution in [2.45, 2.75) is 47.1 Å². The minimum Gasteiger partial charge on any atom is -0.462 e. The highest BCUT2D eigenvalue weighted by atomic mass is 16.5. The van der Waals surface area contributed by atoms with Crippen LogP contribution in [-0.4, -0.2) is 43.0 Å². The van der Waals surface area contributed by atoms with Gasteiger partial charge in [0.1, 0.15) is 11.1 Å². The van der Waals surface area contributed by atoms with E-state index in [2.05, 4.69) is 29.9 Å². The number of nitrogens with one attached hydrogen (secondary N) is 2. The van der Waals surface area contributed by atoms with Crippen molar-refractivity contribution in [3.05, 3.63) is 30.4 Å². The third-order valence-corrected chi connectivity index (χ3v) is 3.50. The van der Waals surface area contributed by atoms with Gasteiger partial charge >= 0.3 is 0 Å². The summed E-state index contributed by atoms with van der Waals surface area (Å²) in [7, 11) is 0. The van der Waals surface area contributed by atoms with E-state index in [4.69, 9.17) is 0 Å². The molecule has 0 saturated heterocycles. The van der Waals surface area contributed by atoms with Gasteiger partial charge in [-0.25, -0.2) is 9.97 Å². The molecule has 2 N–H and O–H groups in total. The third-order valence-electron chi connectivity index (χ3n) is 3.50. The molecular weight excluding hydrogens is 346 g/mol. The van der Waals surface area contributed by atoms with Crippen LogP contribution in [0.1, 0.15) is 51.9 Å². The van der Waals surface area contributed by atoms with Crippen molar-refractivity contribution >= 4 is 23.4 Å². The number of ether oxygens (including phenoxy) is 1. The van der Waals surface area contributed by atoms with Gasteiger partial charge in [-0.05, 0) is 20.8 Å². The summed E-state index contributed by atoms with van der Waals surface area (Å²) in [5.74, 6) is 0.0439. The number of nitrogens with zero attached hydrogens (tertiary/aromatic N) is 3. The first-order chi connectivity index (χ1) is 12.5. The van der Waals surface area contributed by atoms with E-state index in [0.717, 1.165) is 5.56 Å². The van der Waals surface area contributed by atoms with Crippen molar-refractivity contribution in [3.63, 3.8) is 0 Å². The highest BCUT2D eigenvalue weighted by Gasteiger charge is 2.26. The number of hydrogen-bond donors (Lipinski definition) is 2. The van der Waals surface area contributed by atoms with Crippen LogP contribution in [0.2, 0.25) is 0 Å². The second-order valence-corrected chi connectivity index (χ2v) is 8.05. The van der Waals surface area contributed by atoms with Gasteiger partial charge in [-0.15, -0.1) is 0 Å². The van der Waals surface area contributed by atoms with E-state index >= 15 is 0 Å². The normalized spacial score (nSPS) is 11.6. The Morgan fingerprint density at radius 3 is 2.30 bits per heavy atom. The number of hydrogen-bond acceptors (Lipinski definition) is 6. The Morgan fingerprint density at radius 1 is 1.11 bits per heavy atom. The smallest absolute Gasteiger partial charge is 0.293 e. The van der Waals surface area contributed by atoms with Crippen LogP contribution in [0.15, 0.2) is 24.8 Å². The average Bonchev–Trinajstić information content (AvgIpc) is 3.22. The average molecular weight is 371 g/mol. The zero-order chi connectivity index (χ0) is 20.2. The molecule has 3 rings (SSSR count). The van der Waals surface area contributed by atoms with E-state index in [1.165, 1.54) is 0 Å². The van der Waals surface area contributed by atoms with Crippen molar-refractivity contribution in [3.8, 4) is 11.3 Å². The Hall–Kier alpha value is -3.03. The van der Waals surface area contributed by atoms with Gasteiger partial charge < -0.3 is 9.72 Å².